The molecule has 162 valence electrons. The normalized spacial score (nSPS) is 10.8. The molecule has 1 amide bonds. The highest BCUT2D eigenvalue weighted by molar-refractivity contribution is 7.17. The lowest BCUT2D eigenvalue weighted by Crippen LogP contribution is -2.31. The number of carbonyl (C=O) groups excluding carboxylic acids is 2. The molecule has 0 aliphatic rings. The number of anilines is 1. The Bertz CT molecular complexity index is 1240. The number of esters is 1. The van der Waals surface area contributed by atoms with Crippen molar-refractivity contribution in [3.05, 3.63) is 56.3 Å². The molecule has 0 radical (unpaired) electrons. The molecule has 3 aromatic rings. The van der Waals surface area contributed by atoms with Crippen molar-refractivity contribution in [3.8, 4) is 0 Å². The third-order valence-electron chi connectivity index (χ3n) is 4.66. The van der Waals surface area contributed by atoms with E-state index in [1.165, 1.54) is 23.5 Å². The second-order valence-corrected chi connectivity index (χ2v) is 7.74. The average Bonchev–Trinajstić information content (AvgIpc) is 3.04. The van der Waals surface area contributed by atoms with Crippen LogP contribution in [0.2, 0.25) is 0 Å². The van der Waals surface area contributed by atoms with Gasteiger partial charge in [-0.15, -0.1) is 11.3 Å². The maximum Gasteiger partial charge on any atom is 0.357 e. The third kappa shape index (κ3) is 4.33. The predicted octanol–water partition coefficient (Wildman–Crippen LogP) is 2.84. The lowest BCUT2D eigenvalue weighted by atomic mass is 10.1. The largest absolute Gasteiger partial charge is 0.476 e. The number of nitrogens with zero attached hydrogens (tertiary/aromatic N) is 2. The van der Waals surface area contributed by atoms with Crippen molar-refractivity contribution < 1.29 is 24.2 Å². The Hall–Kier alpha value is -3.53. The molecule has 0 aliphatic heterocycles. The van der Waals surface area contributed by atoms with Crippen LogP contribution >= 0.6 is 11.3 Å². The quantitative estimate of drug-likeness (QED) is 0.538. The van der Waals surface area contributed by atoms with Crippen LogP contribution < -0.4 is 10.9 Å². The number of thiophene rings is 1. The predicted molar refractivity (Wildman–Crippen MR) is 116 cm³/mol. The zero-order valence-corrected chi connectivity index (χ0v) is 18.0. The molecule has 0 aliphatic carbocycles. The zero-order chi connectivity index (χ0) is 22.7. The Kier molecular flexibility index (Phi) is 6.50. The van der Waals surface area contributed by atoms with Gasteiger partial charge in [-0.1, -0.05) is 25.1 Å². The van der Waals surface area contributed by atoms with E-state index in [0.717, 1.165) is 15.1 Å². The second kappa shape index (κ2) is 9.09. The molecule has 1 aromatic carbocycles. The SMILES string of the molecule is CCOC(=O)c1c(NC(=O)Cn2nc(C(=O)O)c3ccccc3c2=O)sc(CC)c1C. The zero-order valence-electron chi connectivity index (χ0n) is 17.2. The maximum atomic E-state index is 12.7. The topological polar surface area (TPSA) is 128 Å². The fourth-order valence-electron chi connectivity index (χ4n) is 3.24. The highest BCUT2D eigenvalue weighted by Gasteiger charge is 2.24. The van der Waals surface area contributed by atoms with Gasteiger partial charge in [0.25, 0.3) is 5.56 Å². The molecule has 10 heteroatoms. The number of fused-ring (bicyclic) bond motifs is 1. The number of amides is 1. The molecule has 0 unspecified atom stereocenters. The summed E-state index contributed by atoms with van der Waals surface area (Å²) in [5.41, 5.74) is 0.103. The second-order valence-electron chi connectivity index (χ2n) is 6.64. The molecule has 2 N–H and O–H groups in total. The number of nitrogens with one attached hydrogen (secondary N) is 1. The minimum atomic E-state index is -1.31. The van der Waals surface area contributed by atoms with Gasteiger partial charge in [0, 0.05) is 10.3 Å². The monoisotopic (exact) mass is 443 g/mol. The van der Waals surface area contributed by atoms with Gasteiger partial charge in [-0.3, -0.25) is 9.59 Å². The number of carboxylic acid groups (broad SMARTS) is 1. The Morgan fingerprint density at radius 2 is 1.87 bits per heavy atom. The molecule has 2 heterocycles. The standard InChI is InChI=1S/C21H21N3O6S/c1-4-14-11(3)16(21(29)30-5-2)18(31-14)22-15(25)10-24-19(26)13-9-7-6-8-12(13)17(23-24)20(27)28/h6-9H,4-5,10H2,1-3H3,(H,22,25)(H,27,28). The average molecular weight is 443 g/mol. The van der Waals surface area contributed by atoms with Gasteiger partial charge in [-0.2, -0.15) is 5.10 Å². The van der Waals surface area contributed by atoms with Crippen molar-refractivity contribution in [2.24, 2.45) is 0 Å². The van der Waals surface area contributed by atoms with Crippen molar-refractivity contribution >= 4 is 45.0 Å². The molecule has 0 fully saturated rings. The Balaban J connectivity index is 1.96. The lowest BCUT2D eigenvalue weighted by Gasteiger charge is -2.10. The van der Waals surface area contributed by atoms with E-state index in [1.54, 1.807) is 26.0 Å². The number of benzene rings is 1. The molecule has 0 atom stereocenters. The van der Waals surface area contributed by atoms with Crippen molar-refractivity contribution in [2.45, 2.75) is 33.7 Å². The number of hydrogen-bond donors (Lipinski definition) is 2. The number of carboxylic acids is 1. The molecule has 9 nitrogen and oxygen atoms in total. The van der Waals surface area contributed by atoms with Crippen molar-refractivity contribution in [1.29, 1.82) is 0 Å². The van der Waals surface area contributed by atoms with Gasteiger partial charge in [0.05, 0.1) is 17.6 Å². The highest BCUT2D eigenvalue weighted by atomic mass is 32.1. The first-order valence-electron chi connectivity index (χ1n) is 9.60. The van der Waals surface area contributed by atoms with Crippen LogP contribution in [0.15, 0.2) is 29.1 Å². The van der Waals surface area contributed by atoms with Crippen LogP contribution in [0.5, 0.6) is 0 Å². The Morgan fingerprint density at radius 1 is 1.19 bits per heavy atom. The summed E-state index contributed by atoms with van der Waals surface area (Å²) < 4.78 is 5.91. The summed E-state index contributed by atoms with van der Waals surface area (Å²) >= 11 is 1.26. The summed E-state index contributed by atoms with van der Waals surface area (Å²) in [7, 11) is 0. The Labute approximate surface area is 181 Å². The van der Waals surface area contributed by atoms with E-state index in [4.69, 9.17) is 4.74 Å². The number of ether oxygens (including phenoxy) is 1. The van der Waals surface area contributed by atoms with Gasteiger partial charge in [0.1, 0.15) is 11.5 Å². The van der Waals surface area contributed by atoms with Crippen LogP contribution in [0.3, 0.4) is 0 Å². The maximum absolute atomic E-state index is 12.7. The number of hydrogen-bond acceptors (Lipinski definition) is 7. The van der Waals surface area contributed by atoms with Gasteiger partial charge >= 0.3 is 11.9 Å². The van der Waals surface area contributed by atoms with Crippen LogP contribution in [-0.2, 0) is 22.5 Å². The summed E-state index contributed by atoms with van der Waals surface area (Å²) in [5, 5.41) is 16.6. The van der Waals surface area contributed by atoms with E-state index in [1.807, 2.05) is 6.92 Å². The molecule has 0 saturated carbocycles. The summed E-state index contributed by atoms with van der Waals surface area (Å²) in [4.78, 5) is 50.3. The molecule has 0 saturated heterocycles. The van der Waals surface area contributed by atoms with Crippen LogP contribution in [0, 0.1) is 6.92 Å². The molecule has 3 rings (SSSR count). The van der Waals surface area contributed by atoms with Gasteiger partial charge in [0.2, 0.25) is 5.91 Å². The Morgan fingerprint density at radius 3 is 2.48 bits per heavy atom. The summed E-state index contributed by atoms with van der Waals surface area (Å²) in [6.07, 6.45) is 0.673. The van der Waals surface area contributed by atoms with E-state index >= 15 is 0 Å². The molecular weight excluding hydrogens is 422 g/mol. The molecular formula is C21H21N3O6S. The summed E-state index contributed by atoms with van der Waals surface area (Å²) in [6.45, 7) is 5.09. The number of aromatic nitrogens is 2. The van der Waals surface area contributed by atoms with Gasteiger partial charge in [-0.25, -0.2) is 14.3 Å². The molecule has 2 aromatic heterocycles. The molecule has 31 heavy (non-hydrogen) atoms. The van der Waals surface area contributed by atoms with Gasteiger partial charge in [-0.05, 0) is 31.9 Å². The first kappa shape index (κ1) is 22.2. The van der Waals surface area contributed by atoms with E-state index in [2.05, 4.69) is 10.4 Å². The first-order chi connectivity index (χ1) is 14.8. The summed E-state index contributed by atoms with van der Waals surface area (Å²) in [6, 6.07) is 6.18. The van der Waals surface area contributed by atoms with Crippen molar-refractivity contribution in [2.75, 3.05) is 11.9 Å². The fraction of sp³-hybridized carbons (Fsp3) is 0.286. The number of aromatic carboxylic acids is 1. The minimum Gasteiger partial charge on any atom is -0.476 e. The summed E-state index contributed by atoms with van der Waals surface area (Å²) in [5.74, 6) is -2.47. The van der Waals surface area contributed by atoms with Gasteiger partial charge in [0.15, 0.2) is 5.69 Å². The van der Waals surface area contributed by atoms with Crippen LogP contribution in [0.4, 0.5) is 5.00 Å². The number of aryl methyl sites for hydroxylation is 1. The smallest absolute Gasteiger partial charge is 0.357 e. The van der Waals surface area contributed by atoms with Crippen LogP contribution in [0.25, 0.3) is 10.8 Å². The third-order valence-corrected chi connectivity index (χ3v) is 6.01. The number of carbonyl (C=O) groups is 3. The fourth-order valence-corrected chi connectivity index (χ4v) is 4.39. The van der Waals surface area contributed by atoms with E-state index in [0.29, 0.717) is 11.4 Å². The van der Waals surface area contributed by atoms with Crippen LogP contribution in [-0.4, -0.2) is 39.3 Å². The van der Waals surface area contributed by atoms with E-state index in [-0.39, 0.29) is 28.6 Å². The first-order valence-corrected chi connectivity index (χ1v) is 10.4. The van der Waals surface area contributed by atoms with Crippen molar-refractivity contribution in [3.63, 3.8) is 0 Å². The van der Waals surface area contributed by atoms with E-state index < -0.39 is 29.9 Å². The molecule has 0 spiro atoms. The lowest BCUT2D eigenvalue weighted by molar-refractivity contribution is -0.117. The van der Waals surface area contributed by atoms with Crippen LogP contribution in [0.1, 0.15) is 45.1 Å². The highest BCUT2D eigenvalue weighted by Crippen LogP contribution is 2.34. The molecule has 0 bridgehead atoms. The number of rotatable bonds is 7. The van der Waals surface area contributed by atoms with E-state index in [9.17, 15) is 24.3 Å². The minimum absolute atomic E-state index is 0.148. The van der Waals surface area contributed by atoms with Gasteiger partial charge < -0.3 is 15.2 Å². The van der Waals surface area contributed by atoms with Crippen molar-refractivity contribution in [1.82, 2.24) is 9.78 Å².